The first-order valence-electron chi connectivity index (χ1n) is 7.07. The van der Waals surface area contributed by atoms with Gasteiger partial charge in [0.2, 0.25) is 5.91 Å². The number of urea groups is 1. The number of amides is 3. The van der Waals surface area contributed by atoms with E-state index in [1.54, 1.807) is 11.0 Å². The van der Waals surface area contributed by atoms with Crippen LogP contribution in [-0.4, -0.2) is 36.0 Å². The van der Waals surface area contributed by atoms with Gasteiger partial charge >= 0.3 is 6.03 Å². The number of hydrogen-bond donors (Lipinski definition) is 2. The summed E-state index contributed by atoms with van der Waals surface area (Å²) in [6.45, 7) is 3.04. The molecule has 0 aliphatic carbocycles. The zero-order valence-corrected chi connectivity index (χ0v) is 12.8. The molecule has 0 radical (unpaired) electrons. The Kier molecular flexibility index (Phi) is 5.07. The highest BCUT2D eigenvalue weighted by atomic mass is 35.5. The summed E-state index contributed by atoms with van der Waals surface area (Å²) in [6, 6.07) is 7.02. The highest BCUT2D eigenvalue weighted by molar-refractivity contribution is 6.30. The van der Waals surface area contributed by atoms with Gasteiger partial charge in [0.05, 0.1) is 5.92 Å². The van der Waals surface area contributed by atoms with Crippen molar-refractivity contribution >= 4 is 23.5 Å². The van der Waals surface area contributed by atoms with Gasteiger partial charge in [0.15, 0.2) is 0 Å². The summed E-state index contributed by atoms with van der Waals surface area (Å²) in [4.78, 5) is 24.9. The molecule has 1 fully saturated rings. The SMILES string of the molecule is C[C@H](C(=O)NC1CCN(C(N)=O)CC1)c1cccc(Cl)c1. The molecule has 1 aliphatic rings. The van der Waals surface area contributed by atoms with Crippen molar-refractivity contribution in [2.24, 2.45) is 5.73 Å². The smallest absolute Gasteiger partial charge is 0.314 e. The molecular weight excluding hydrogens is 290 g/mol. The number of likely N-dealkylation sites (tertiary alicyclic amines) is 1. The lowest BCUT2D eigenvalue weighted by molar-refractivity contribution is -0.123. The monoisotopic (exact) mass is 309 g/mol. The Hall–Kier alpha value is -1.75. The van der Waals surface area contributed by atoms with E-state index in [2.05, 4.69) is 5.32 Å². The van der Waals surface area contributed by atoms with Crippen molar-refractivity contribution in [3.05, 3.63) is 34.9 Å². The molecule has 0 aromatic heterocycles. The van der Waals surface area contributed by atoms with Crippen molar-refractivity contribution in [3.8, 4) is 0 Å². The molecule has 0 saturated carbocycles. The Morgan fingerprint density at radius 3 is 2.62 bits per heavy atom. The highest BCUT2D eigenvalue weighted by Crippen LogP contribution is 2.20. The minimum Gasteiger partial charge on any atom is -0.353 e. The summed E-state index contributed by atoms with van der Waals surface area (Å²) in [5, 5.41) is 3.66. The van der Waals surface area contributed by atoms with E-state index in [-0.39, 0.29) is 17.9 Å². The summed E-state index contributed by atoms with van der Waals surface area (Å²) in [7, 11) is 0. The first kappa shape index (κ1) is 15.6. The van der Waals surface area contributed by atoms with Gasteiger partial charge in [0.1, 0.15) is 0 Å². The predicted octanol–water partition coefficient (Wildman–Crippen LogP) is 2.10. The standard InChI is InChI=1S/C15H20ClN3O2/c1-10(11-3-2-4-12(16)9-11)14(20)18-13-5-7-19(8-6-13)15(17)21/h2-4,9-10,13H,5-8H2,1H3,(H2,17,21)(H,18,20)/t10-/m0/s1. The summed E-state index contributed by atoms with van der Waals surface area (Å²) in [5.41, 5.74) is 6.14. The fraction of sp³-hybridized carbons (Fsp3) is 0.467. The van der Waals surface area contributed by atoms with Crippen LogP contribution in [0.4, 0.5) is 4.79 Å². The van der Waals surface area contributed by atoms with E-state index >= 15 is 0 Å². The molecule has 3 N–H and O–H groups in total. The van der Waals surface area contributed by atoms with Gasteiger partial charge in [-0.05, 0) is 37.5 Å². The Bertz CT molecular complexity index is 527. The fourth-order valence-corrected chi connectivity index (χ4v) is 2.70. The van der Waals surface area contributed by atoms with Crippen LogP contribution < -0.4 is 11.1 Å². The number of halogens is 1. The molecule has 1 heterocycles. The molecule has 2 rings (SSSR count). The van der Waals surface area contributed by atoms with Crippen molar-refractivity contribution in [2.75, 3.05) is 13.1 Å². The van der Waals surface area contributed by atoms with Crippen LogP contribution >= 0.6 is 11.6 Å². The van der Waals surface area contributed by atoms with Crippen LogP contribution in [0, 0.1) is 0 Å². The van der Waals surface area contributed by atoms with Gasteiger partial charge in [-0.2, -0.15) is 0 Å². The van der Waals surface area contributed by atoms with E-state index in [9.17, 15) is 9.59 Å². The molecule has 1 aliphatic heterocycles. The van der Waals surface area contributed by atoms with Crippen LogP contribution in [0.15, 0.2) is 24.3 Å². The summed E-state index contributed by atoms with van der Waals surface area (Å²) < 4.78 is 0. The van der Waals surface area contributed by atoms with Crippen LogP contribution in [0.1, 0.15) is 31.2 Å². The van der Waals surface area contributed by atoms with E-state index in [4.69, 9.17) is 17.3 Å². The van der Waals surface area contributed by atoms with Crippen molar-refractivity contribution in [1.82, 2.24) is 10.2 Å². The summed E-state index contributed by atoms with van der Waals surface area (Å²) >= 11 is 5.95. The largest absolute Gasteiger partial charge is 0.353 e. The third kappa shape index (κ3) is 4.11. The number of benzene rings is 1. The molecule has 1 aromatic rings. The first-order chi connectivity index (χ1) is 9.97. The Labute approximate surface area is 129 Å². The van der Waals surface area contributed by atoms with Crippen molar-refractivity contribution in [2.45, 2.75) is 31.7 Å². The number of nitrogens with zero attached hydrogens (tertiary/aromatic N) is 1. The van der Waals surface area contributed by atoms with Gasteiger partial charge in [0, 0.05) is 24.2 Å². The highest BCUT2D eigenvalue weighted by Gasteiger charge is 2.24. The van der Waals surface area contributed by atoms with E-state index in [0.29, 0.717) is 18.1 Å². The van der Waals surface area contributed by atoms with Crippen LogP contribution in [0.25, 0.3) is 0 Å². The average molecular weight is 310 g/mol. The van der Waals surface area contributed by atoms with Crippen molar-refractivity contribution in [1.29, 1.82) is 0 Å². The van der Waals surface area contributed by atoms with Gasteiger partial charge in [0.25, 0.3) is 0 Å². The molecule has 6 heteroatoms. The van der Waals surface area contributed by atoms with Crippen LogP contribution in [0.2, 0.25) is 5.02 Å². The minimum atomic E-state index is -0.396. The molecule has 1 atom stereocenters. The van der Waals surface area contributed by atoms with Gasteiger partial charge in [-0.3, -0.25) is 4.79 Å². The lowest BCUT2D eigenvalue weighted by Crippen LogP contribution is -2.48. The second kappa shape index (κ2) is 6.80. The first-order valence-corrected chi connectivity index (χ1v) is 7.45. The molecule has 1 aromatic carbocycles. The van der Waals surface area contributed by atoms with Crippen LogP contribution in [-0.2, 0) is 4.79 Å². The average Bonchev–Trinajstić information content (AvgIpc) is 2.47. The fourth-order valence-electron chi connectivity index (χ4n) is 2.50. The number of carbonyl (C=O) groups excluding carboxylic acids is 2. The molecule has 5 nitrogen and oxygen atoms in total. The summed E-state index contributed by atoms with van der Waals surface area (Å²) in [5.74, 6) is -0.271. The third-order valence-corrected chi connectivity index (χ3v) is 4.13. The number of nitrogens with two attached hydrogens (primary N) is 1. The summed E-state index contributed by atoms with van der Waals surface area (Å²) in [6.07, 6.45) is 1.47. The molecule has 114 valence electrons. The Morgan fingerprint density at radius 2 is 2.05 bits per heavy atom. The normalized spacial score (nSPS) is 17.3. The topological polar surface area (TPSA) is 75.4 Å². The molecule has 3 amide bonds. The van der Waals surface area contributed by atoms with Crippen molar-refractivity contribution in [3.63, 3.8) is 0 Å². The van der Waals surface area contributed by atoms with Gasteiger partial charge in [-0.1, -0.05) is 23.7 Å². The minimum absolute atomic E-state index is 0.0187. The van der Waals surface area contributed by atoms with Crippen LogP contribution in [0.3, 0.4) is 0 Å². The van der Waals surface area contributed by atoms with E-state index in [1.807, 2.05) is 25.1 Å². The maximum absolute atomic E-state index is 12.3. The van der Waals surface area contributed by atoms with E-state index in [1.165, 1.54) is 0 Å². The predicted molar refractivity (Wildman–Crippen MR) is 82.2 cm³/mol. The molecule has 0 spiro atoms. The number of piperidine rings is 1. The van der Waals surface area contributed by atoms with Crippen LogP contribution in [0.5, 0.6) is 0 Å². The van der Waals surface area contributed by atoms with E-state index < -0.39 is 6.03 Å². The molecule has 0 bridgehead atoms. The molecular formula is C15H20ClN3O2. The zero-order valence-electron chi connectivity index (χ0n) is 12.0. The van der Waals surface area contributed by atoms with Gasteiger partial charge < -0.3 is 16.0 Å². The Balaban J connectivity index is 1.89. The third-order valence-electron chi connectivity index (χ3n) is 3.89. The second-order valence-electron chi connectivity index (χ2n) is 5.38. The number of carbonyl (C=O) groups is 2. The molecule has 0 unspecified atom stereocenters. The Morgan fingerprint density at radius 1 is 1.38 bits per heavy atom. The number of nitrogens with one attached hydrogen (secondary N) is 1. The molecule has 1 saturated heterocycles. The lowest BCUT2D eigenvalue weighted by Gasteiger charge is -2.31. The zero-order chi connectivity index (χ0) is 15.4. The maximum atomic E-state index is 12.3. The maximum Gasteiger partial charge on any atom is 0.314 e. The number of primary amides is 1. The quantitative estimate of drug-likeness (QED) is 0.897. The van der Waals surface area contributed by atoms with Crippen molar-refractivity contribution < 1.29 is 9.59 Å². The number of hydrogen-bond acceptors (Lipinski definition) is 2. The van der Waals surface area contributed by atoms with Gasteiger partial charge in [-0.25, -0.2) is 4.79 Å². The second-order valence-corrected chi connectivity index (χ2v) is 5.82. The van der Waals surface area contributed by atoms with Gasteiger partial charge in [-0.15, -0.1) is 0 Å². The molecule has 21 heavy (non-hydrogen) atoms. The number of rotatable bonds is 3. The van der Waals surface area contributed by atoms with E-state index in [0.717, 1.165) is 18.4 Å². The lowest BCUT2D eigenvalue weighted by atomic mass is 9.98.